The Bertz CT molecular complexity index is 501. The SMILES string of the molecule is Cc1ccc(N)c(C(O)C23CC4CC(CC(C4)C2)C3)c1. The quantitative estimate of drug-likeness (QED) is 0.803. The van der Waals surface area contributed by atoms with Gasteiger partial charge in [0.2, 0.25) is 0 Å². The van der Waals surface area contributed by atoms with Gasteiger partial charge in [0, 0.05) is 16.7 Å². The van der Waals surface area contributed by atoms with Crippen LogP contribution in [0.25, 0.3) is 0 Å². The Morgan fingerprint density at radius 1 is 1.10 bits per heavy atom. The Labute approximate surface area is 121 Å². The predicted octanol–water partition coefficient (Wildman–Crippen LogP) is 3.83. The zero-order chi connectivity index (χ0) is 13.9. The maximum atomic E-state index is 11.1. The van der Waals surface area contributed by atoms with Crippen LogP contribution in [0.15, 0.2) is 18.2 Å². The van der Waals surface area contributed by atoms with Crippen LogP contribution in [0.2, 0.25) is 0 Å². The van der Waals surface area contributed by atoms with Gasteiger partial charge in [0.05, 0.1) is 6.10 Å². The van der Waals surface area contributed by atoms with Crippen molar-refractivity contribution in [2.45, 2.75) is 51.6 Å². The van der Waals surface area contributed by atoms with E-state index in [9.17, 15) is 5.11 Å². The van der Waals surface area contributed by atoms with Crippen LogP contribution in [0.3, 0.4) is 0 Å². The van der Waals surface area contributed by atoms with Crippen molar-refractivity contribution in [3.8, 4) is 0 Å². The van der Waals surface area contributed by atoms with Gasteiger partial charge < -0.3 is 10.8 Å². The molecule has 5 rings (SSSR count). The molecule has 1 aromatic carbocycles. The van der Waals surface area contributed by atoms with E-state index in [1.165, 1.54) is 44.1 Å². The molecule has 4 bridgehead atoms. The van der Waals surface area contributed by atoms with E-state index in [4.69, 9.17) is 5.73 Å². The molecule has 2 heteroatoms. The summed E-state index contributed by atoms with van der Waals surface area (Å²) in [5, 5.41) is 11.1. The van der Waals surface area contributed by atoms with Crippen molar-refractivity contribution >= 4 is 5.69 Å². The molecule has 3 N–H and O–H groups in total. The fraction of sp³-hybridized carbons (Fsp3) is 0.667. The Morgan fingerprint density at radius 2 is 1.65 bits per heavy atom. The molecule has 0 aliphatic heterocycles. The van der Waals surface area contributed by atoms with Crippen molar-refractivity contribution in [3.05, 3.63) is 29.3 Å². The third-order valence-corrected chi connectivity index (χ3v) is 6.20. The number of hydrogen-bond donors (Lipinski definition) is 2. The van der Waals surface area contributed by atoms with E-state index in [0.29, 0.717) is 0 Å². The molecular weight excluding hydrogens is 246 g/mol. The summed E-state index contributed by atoms with van der Waals surface area (Å²) in [5.41, 5.74) is 9.20. The summed E-state index contributed by atoms with van der Waals surface area (Å²) in [4.78, 5) is 0. The van der Waals surface area contributed by atoms with Gasteiger partial charge in [-0.25, -0.2) is 0 Å². The van der Waals surface area contributed by atoms with E-state index in [1.54, 1.807) is 0 Å². The van der Waals surface area contributed by atoms with E-state index in [-0.39, 0.29) is 11.5 Å². The molecular formula is C18H25NO. The number of anilines is 1. The number of nitrogens with two attached hydrogens (primary N) is 1. The number of nitrogen functional groups attached to an aromatic ring is 1. The number of aliphatic hydroxyl groups is 1. The van der Waals surface area contributed by atoms with Gasteiger partial charge in [0.25, 0.3) is 0 Å². The van der Waals surface area contributed by atoms with Crippen LogP contribution >= 0.6 is 0 Å². The van der Waals surface area contributed by atoms with E-state index in [2.05, 4.69) is 13.0 Å². The second-order valence-electron chi connectivity index (χ2n) is 7.81. The Hall–Kier alpha value is -1.02. The number of aliphatic hydroxyl groups excluding tert-OH is 1. The molecule has 1 aromatic rings. The minimum Gasteiger partial charge on any atom is -0.398 e. The summed E-state index contributed by atoms with van der Waals surface area (Å²) in [6.45, 7) is 2.08. The second kappa shape index (κ2) is 4.24. The zero-order valence-corrected chi connectivity index (χ0v) is 12.3. The first-order chi connectivity index (χ1) is 9.56. The summed E-state index contributed by atoms with van der Waals surface area (Å²) < 4.78 is 0. The molecule has 4 aliphatic carbocycles. The maximum absolute atomic E-state index is 11.1. The monoisotopic (exact) mass is 271 g/mol. The molecule has 0 radical (unpaired) electrons. The molecule has 4 saturated carbocycles. The van der Waals surface area contributed by atoms with Gasteiger partial charge in [-0.1, -0.05) is 17.7 Å². The van der Waals surface area contributed by atoms with Crippen LogP contribution in [0.1, 0.15) is 55.8 Å². The molecule has 0 heterocycles. The lowest BCUT2D eigenvalue weighted by Gasteiger charge is -2.58. The highest BCUT2D eigenvalue weighted by Gasteiger charge is 2.54. The predicted molar refractivity (Wildman–Crippen MR) is 81.2 cm³/mol. The average molecular weight is 271 g/mol. The van der Waals surface area contributed by atoms with Crippen LogP contribution in [-0.2, 0) is 0 Å². The van der Waals surface area contributed by atoms with Crippen LogP contribution < -0.4 is 5.73 Å². The normalized spacial score (nSPS) is 40.0. The highest BCUT2D eigenvalue weighted by molar-refractivity contribution is 5.50. The van der Waals surface area contributed by atoms with Gasteiger partial charge in [0.1, 0.15) is 0 Å². The lowest BCUT2D eigenvalue weighted by Crippen LogP contribution is -2.49. The van der Waals surface area contributed by atoms with E-state index in [1.807, 2.05) is 12.1 Å². The van der Waals surface area contributed by atoms with Crippen LogP contribution in [0, 0.1) is 30.1 Å². The number of benzene rings is 1. The standard InChI is InChI=1S/C18H25NO/c1-11-2-3-16(19)15(4-11)17(20)18-8-12-5-13(9-18)7-14(6-12)10-18/h2-4,12-14,17,20H,5-10,19H2,1H3. The Kier molecular flexibility index (Phi) is 2.69. The topological polar surface area (TPSA) is 46.2 Å². The highest BCUT2D eigenvalue weighted by atomic mass is 16.3. The van der Waals surface area contributed by atoms with E-state index >= 15 is 0 Å². The highest BCUT2D eigenvalue weighted by Crippen LogP contribution is 2.64. The fourth-order valence-corrected chi connectivity index (χ4v) is 5.77. The second-order valence-corrected chi connectivity index (χ2v) is 7.81. The van der Waals surface area contributed by atoms with Crippen molar-refractivity contribution in [2.75, 3.05) is 5.73 Å². The van der Waals surface area contributed by atoms with Crippen LogP contribution in [0.4, 0.5) is 5.69 Å². The zero-order valence-electron chi connectivity index (χ0n) is 12.3. The van der Waals surface area contributed by atoms with Crippen LogP contribution in [-0.4, -0.2) is 5.11 Å². The minimum atomic E-state index is -0.365. The van der Waals surface area contributed by atoms with Gasteiger partial charge in [-0.05, 0) is 69.3 Å². The molecule has 0 spiro atoms. The summed E-state index contributed by atoms with van der Waals surface area (Å²) >= 11 is 0. The van der Waals surface area contributed by atoms with Gasteiger partial charge in [-0.3, -0.25) is 0 Å². The van der Waals surface area contributed by atoms with Crippen molar-refractivity contribution < 1.29 is 5.11 Å². The van der Waals surface area contributed by atoms with E-state index < -0.39 is 0 Å². The first kappa shape index (κ1) is 12.7. The van der Waals surface area contributed by atoms with Crippen molar-refractivity contribution in [3.63, 3.8) is 0 Å². The lowest BCUT2D eigenvalue weighted by molar-refractivity contribution is -0.122. The maximum Gasteiger partial charge on any atom is 0.0866 e. The summed E-state index contributed by atoms with van der Waals surface area (Å²) in [6, 6.07) is 6.08. The molecule has 108 valence electrons. The molecule has 2 nitrogen and oxygen atoms in total. The molecule has 1 unspecified atom stereocenters. The van der Waals surface area contributed by atoms with Gasteiger partial charge in [-0.15, -0.1) is 0 Å². The summed E-state index contributed by atoms with van der Waals surface area (Å²) in [5.74, 6) is 2.59. The van der Waals surface area contributed by atoms with Crippen molar-refractivity contribution in [1.29, 1.82) is 0 Å². The Balaban J connectivity index is 1.71. The van der Waals surface area contributed by atoms with Gasteiger partial charge in [0.15, 0.2) is 0 Å². The third kappa shape index (κ3) is 1.81. The Morgan fingerprint density at radius 3 is 2.20 bits per heavy atom. The molecule has 0 aromatic heterocycles. The first-order valence-corrected chi connectivity index (χ1v) is 8.10. The molecule has 4 fully saturated rings. The molecule has 0 saturated heterocycles. The van der Waals surface area contributed by atoms with Crippen molar-refractivity contribution in [2.24, 2.45) is 23.2 Å². The molecule has 0 amide bonds. The fourth-order valence-electron chi connectivity index (χ4n) is 5.77. The number of hydrogen-bond acceptors (Lipinski definition) is 2. The van der Waals surface area contributed by atoms with Gasteiger partial charge >= 0.3 is 0 Å². The van der Waals surface area contributed by atoms with Crippen LogP contribution in [0.5, 0.6) is 0 Å². The molecule has 1 atom stereocenters. The minimum absolute atomic E-state index is 0.122. The number of rotatable bonds is 2. The lowest BCUT2D eigenvalue weighted by atomic mass is 9.47. The van der Waals surface area contributed by atoms with Gasteiger partial charge in [-0.2, -0.15) is 0 Å². The van der Waals surface area contributed by atoms with E-state index in [0.717, 1.165) is 29.0 Å². The first-order valence-electron chi connectivity index (χ1n) is 8.10. The average Bonchev–Trinajstić information content (AvgIpc) is 2.39. The molecule has 4 aliphatic rings. The number of aryl methyl sites for hydroxylation is 1. The molecule has 20 heavy (non-hydrogen) atoms. The van der Waals surface area contributed by atoms with Crippen molar-refractivity contribution in [1.82, 2.24) is 0 Å². The smallest absolute Gasteiger partial charge is 0.0866 e. The third-order valence-electron chi connectivity index (χ3n) is 6.20. The summed E-state index contributed by atoms with van der Waals surface area (Å²) in [6.07, 6.45) is 7.52. The summed E-state index contributed by atoms with van der Waals surface area (Å²) in [7, 11) is 0. The largest absolute Gasteiger partial charge is 0.398 e.